The molecule has 110 valence electrons. The molecule has 0 amide bonds. The molecule has 0 aliphatic heterocycles. The van der Waals surface area contributed by atoms with Crippen molar-refractivity contribution < 1.29 is 8.42 Å². The van der Waals surface area contributed by atoms with Gasteiger partial charge < -0.3 is 5.73 Å². The Labute approximate surface area is 124 Å². The van der Waals surface area contributed by atoms with E-state index in [0.717, 1.165) is 11.1 Å². The van der Waals surface area contributed by atoms with Crippen molar-refractivity contribution in [3.8, 4) is 0 Å². The molecular weight excluding hydrogens is 286 g/mol. The molecule has 0 unspecified atom stereocenters. The van der Waals surface area contributed by atoms with Crippen LogP contribution in [0.3, 0.4) is 0 Å². The second kappa shape index (κ2) is 6.51. The summed E-state index contributed by atoms with van der Waals surface area (Å²) in [6, 6.07) is 16.0. The Morgan fingerprint density at radius 2 is 1.62 bits per heavy atom. The molecule has 0 radical (unpaired) electrons. The first-order valence-corrected chi connectivity index (χ1v) is 7.98. The van der Waals surface area contributed by atoms with Gasteiger partial charge in [0.2, 0.25) is 10.0 Å². The van der Waals surface area contributed by atoms with E-state index >= 15 is 0 Å². The minimum atomic E-state index is -3.64. The first kappa shape index (κ1) is 15.2. The van der Waals surface area contributed by atoms with E-state index in [9.17, 15) is 8.42 Å². The van der Waals surface area contributed by atoms with Crippen LogP contribution in [0, 0.1) is 0 Å². The van der Waals surface area contributed by atoms with Crippen LogP contribution in [-0.2, 0) is 16.4 Å². The van der Waals surface area contributed by atoms with Crippen molar-refractivity contribution in [1.29, 1.82) is 0 Å². The van der Waals surface area contributed by atoms with Crippen molar-refractivity contribution in [2.75, 3.05) is 6.54 Å². The highest BCUT2D eigenvalue weighted by Gasteiger charge is 2.06. The number of benzene rings is 2. The predicted molar refractivity (Wildman–Crippen MR) is 83.6 cm³/mol. The lowest BCUT2D eigenvalue weighted by molar-refractivity contribution is 0.598. The lowest BCUT2D eigenvalue weighted by Crippen LogP contribution is -2.14. The molecule has 0 fully saturated rings. The third kappa shape index (κ3) is 4.40. The second-order valence-corrected chi connectivity index (χ2v) is 6.13. The number of amidine groups is 1. The molecule has 6 heteroatoms. The maximum Gasteiger partial charge on any atom is 0.238 e. The van der Waals surface area contributed by atoms with E-state index in [1.807, 2.05) is 30.3 Å². The summed E-state index contributed by atoms with van der Waals surface area (Å²) in [5.41, 5.74) is 7.76. The van der Waals surface area contributed by atoms with Crippen LogP contribution < -0.4 is 10.9 Å². The van der Waals surface area contributed by atoms with Gasteiger partial charge in [-0.05, 0) is 24.1 Å². The predicted octanol–water partition coefficient (Wildman–Crippen LogP) is 1.28. The molecule has 5 nitrogen and oxygen atoms in total. The minimum absolute atomic E-state index is 0.110. The Morgan fingerprint density at radius 1 is 1.00 bits per heavy atom. The summed E-state index contributed by atoms with van der Waals surface area (Å²) < 4.78 is 22.3. The largest absolute Gasteiger partial charge is 0.384 e. The third-order valence-electron chi connectivity index (χ3n) is 3.00. The average Bonchev–Trinajstić information content (AvgIpc) is 2.47. The summed E-state index contributed by atoms with van der Waals surface area (Å²) in [6.45, 7) is 0.537. The van der Waals surface area contributed by atoms with Crippen LogP contribution >= 0.6 is 0 Å². The lowest BCUT2D eigenvalue weighted by Gasteiger charge is -2.03. The molecule has 0 bridgehead atoms. The maximum absolute atomic E-state index is 11.1. The highest BCUT2D eigenvalue weighted by molar-refractivity contribution is 7.89. The number of nitrogens with two attached hydrogens (primary N) is 2. The van der Waals surface area contributed by atoms with Gasteiger partial charge in [-0.15, -0.1) is 0 Å². The summed E-state index contributed by atoms with van der Waals surface area (Å²) in [5, 5.41) is 5.04. The van der Waals surface area contributed by atoms with Gasteiger partial charge in [-0.2, -0.15) is 0 Å². The topological polar surface area (TPSA) is 98.5 Å². The van der Waals surface area contributed by atoms with Gasteiger partial charge in [0.25, 0.3) is 0 Å². The molecule has 21 heavy (non-hydrogen) atoms. The summed E-state index contributed by atoms with van der Waals surface area (Å²) in [4.78, 5) is 4.42. The number of primary sulfonamides is 1. The molecule has 0 saturated carbocycles. The fourth-order valence-electron chi connectivity index (χ4n) is 1.85. The van der Waals surface area contributed by atoms with Crippen LogP contribution in [0.25, 0.3) is 0 Å². The van der Waals surface area contributed by atoms with E-state index in [1.54, 1.807) is 12.1 Å². The fraction of sp³-hybridized carbons (Fsp3) is 0.133. The molecule has 4 N–H and O–H groups in total. The SMILES string of the molecule is NC(=NCCc1ccc(S(N)(=O)=O)cc1)c1ccccc1. The quantitative estimate of drug-likeness (QED) is 0.643. The second-order valence-electron chi connectivity index (χ2n) is 4.57. The van der Waals surface area contributed by atoms with E-state index < -0.39 is 10.0 Å². The molecule has 0 aliphatic carbocycles. The zero-order valence-electron chi connectivity index (χ0n) is 11.4. The highest BCUT2D eigenvalue weighted by atomic mass is 32.2. The van der Waals surface area contributed by atoms with Gasteiger partial charge >= 0.3 is 0 Å². The molecule has 0 heterocycles. The molecule has 2 aromatic carbocycles. The summed E-state index contributed by atoms with van der Waals surface area (Å²) >= 11 is 0. The van der Waals surface area contributed by atoms with Gasteiger partial charge in [0, 0.05) is 12.1 Å². The number of rotatable bonds is 5. The van der Waals surface area contributed by atoms with Gasteiger partial charge in [-0.25, -0.2) is 13.6 Å². The Kier molecular flexibility index (Phi) is 4.72. The minimum Gasteiger partial charge on any atom is -0.384 e. The van der Waals surface area contributed by atoms with Gasteiger partial charge in [-0.1, -0.05) is 42.5 Å². The van der Waals surface area contributed by atoms with Gasteiger partial charge in [0.15, 0.2) is 0 Å². The number of hydrogen-bond donors (Lipinski definition) is 2. The smallest absolute Gasteiger partial charge is 0.238 e. The Balaban J connectivity index is 1.98. The number of aliphatic imine (C=N–C) groups is 1. The molecule has 0 spiro atoms. The van der Waals surface area contributed by atoms with Crippen LogP contribution in [0.4, 0.5) is 0 Å². The molecule has 2 aromatic rings. The van der Waals surface area contributed by atoms with E-state index in [-0.39, 0.29) is 4.90 Å². The van der Waals surface area contributed by atoms with E-state index in [2.05, 4.69) is 4.99 Å². The number of sulfonamides is 1. The normalized spacial score (nSPS) is 12.3. The molecule has 0 atom stereocenters. The summed E-state index contributed by atoms with van der Waals surface area (Å²) in [7, 11) is -3.64. The van der Waals surface area contributed by atoms with Crippen LogP contribution in [-0.4, -0.2) is 20.8 Å². The highest BCUT2D eigenvalue weighted by Crippen LogP contribution is 2.09. The van der Waals surface area contributed by atoms with Crippen molar-refractivity contribution in [2.45, 2.75) is 11.3 Å². The van der Waals surface area contributed by atoms with Gasteiger partial charge in [-0.3, -0.25) is 4.99 Å². The van der Waals surface area contributed by atoms with Crippen molar-refractivity contribution in [3.05, 3.63) is 65.7 Å². The van der Waals surface area contributed by atoms with Crippen molar-refractivity contribution >= 4 is 15.9 Å². The monoisotopic (exact) mass is 303 g/mol. The van der Waals surface area contributed by atoms with Crippen LogP contribution in [0.2, 0.25) is 0 Å². The Hall–Kier alpha value is -2.18. The average molecular weight is 303 g/mol. The van der Waals surface area contributed by atoms with E-state index in [1.165, 1.54) is 12.1 Å². The fourth-order valence-corrected chi connectivity index (χ4v) is 2.37. The van der Waals surface area contributed by atoms with E-state index in [0.29, 0.717) is 18.8 Å². The first-order valence-electron chi connectivity index (χ1n) is 6.44. The molecular formula is C15H17N3O2S. The van der Waals surface area contributed by atoms with Crippen molar-refractivity contribution in [3.63, 3.8) is 0 Å². The van der Waals surface area contributed by atoms with Crippen LogP contribution in [0.15, 0.2) is 64.5 Å². The number of nitrogens with zero attached hydrogens (tertiary/aromatic N) is 1. The first-order chi connectivity index (χ1) is 9.97. The summed E-state index contributed by atoms with van der Waals surface area (Å²) in [6.07, 6.45) is 0.679. The zero-order valence-corrected chi connectivity index (χ0v) is 12.3. The number of hydrogen-bond acceptors (Lipinski definition) is 3. The molecule has 0 aromatic heterocycles. The van der Waals surface area contributed by atoms with Crippen molar-refractivity contribution in [2.24, 2.45) is 15.9 Å². The lowest BCUT2D eigenvalue weighted by atomic mass is 10.1. The standard InChI is InChI=1S/C15H17N3O2S/c16-15(13-4-2-1-3-5-13)18-11-10-12-6-8-14(9-7-12)21(17,19)20/h1-9H,10-11H2,(H2,16,18)(H2,17,19,20). The molecule has 2 rings (SSSR count). The maximum atomic E-state index is 11.1. The molecule has 0 aliphatic rings. The Bertz CT molecular complexity index is 723. The zero-order chi connectivity index (χ0) is 15.3. The van der Waals surface area contributed by atoms with E-state index in [4.69, 9.17) is 10.9 Å². The van der Waals surface area contributed by atoms with Crippen LogP contribution in [0.5, 0.6) is 0 Å². The molecule has 0 saturated heterocycles. The van der Waals surface area contributed by atoms with Crippen LogP contribution in [0.1, 0.15) is 11.1 Å². The van der Waals surface area contributed by atoms with Gasteiger partial charge in [0.05, 0.1) is 4.90 Å². The summed E-state index contributed by atoms with van der Waals surface area (Å²) in [5.74, 6) is 0.497. The third-order valence-corrected chi connectivity index (χ3v) is 3.93. The Morgan fingerprint density at radius 3 is 2.19 bits per heavy atom. The van der Waals surface area contributed by atoms with Gasteiger partial charge in [0.1, 0.15) is 5.84 Å². The van der Waals surface area contributed by atoms with Crippen molar-refractivity contribution in [1.82, 2.24) is 0 Å².